The molecule has 0 spiro atoms. The second kappa shape index (κ2) is 9.05. The molecule has 0 radical (unpaired) electrons. The molecule has 0 unspecified atom stereocenters. The van der Waals surface area contributed by atoms with E-state index in [0.29, 0.717) is 28.1 Å². The minimum Gasteiger partial charge on any atom is -0.382 e. The highest BCUT2D eigenvalue weighted by Crippen LogP contribution is 2.34. The zero-order valence-corrected chi connectivity index (χ0v) is 20.5. The highest BCUT2D eigenvalue weighted by molar-refractivity contribution is 5.85. The first-order valence-corrected chi connectivity index (χ1v) is 11.9. The van der Waals surface area contributed by atoms with Crippen molar-refractivity contribution in [2.75, 3.05) is 5.73 Å². The van der Waals surface area contributed by atoms with Crippen LogP contribution < -0.4 is 11.3 Å². The lowest BCUT2D eigenvalue weighted by Crippen LogP contribution is -2.28. The summed E-state index contributed by atoms with van der Waals surface area (Å²) in [6.07, 6.45) is -3.42. The summed E-state index contributed by atoms with van der Waals surface area (Å²) in [6.45, 7) is 1.60. The molecule has 194 valence electrons. The molecule has 0 saturated carbocycles. The Morgan fingerprint density at radius 2 is 1.64 bits per heavy atom. The fourth-order valence-electron chi connectivity index (χ4n) is 4.76. The average molecular weight is 528 g/mol. The van der Waals surface area contributed by atoms with E-state index in [1.54, 1.807) is 29.7 Å². The molecule has 2 N–H and O–H groups in total. The summed E-state index contributed by atoms with van der Waals surface area (Å²) < 4.78 is 45.1. The van der Waals surface area contributed by atoms with E-state index < -0.39 is 17.3 Å². The quantitative estimate of drug-likeness (QED) is 0.340. The Morgan fingerprint density at radius 1 is 0.897 bits per heavy atom. The number of para-hydroxylation sites is 1. The molecule has 0 aliphatic carbocycles. The molecule has 3 heterocycles. The number of fused-ring (bicyclic) bond motifs is 2. The second-order valence-corrected chi connectivity index (χ2v) is 8.97. The van der Waals surface area contributed by atoms with Crippen LogP contribution in [0.4, 0.5) is 19.0 Å². The van der Waals surface area contributed by atoms with Crippen molar-refractivity contribution in [2.45, 2.75) is 19.6 Å². The van der Waals surface area contributed by atoms with Crippen LogP contribution in [0.3, 0.4) is 0 Å². The van der Waals surface area contributed by atoms with Gasteiger partial charge in [-0.25, -0.2) is 19.9 Å². The summed E-state index contributed by atoms with van der Waals surface area (Å²) in [5.41, 5.74) is 6.60. The van der Waals surface area contributed by atoms with Gasteiger partial charge in [-0.2, -0.15) is 13.2 Å². The van der Waals surface area contributed by atoms with Gasteiger partial charge in [-0.3, -0.25) is 9.36 Å². The first-order valence-electron chi connectivity index (χ1n) is 11.9. The number of imidazole rings is 1. The van der Waals surface area contributed by atoms with Gasteiger partial charge in [0.15, 0.2) is 17.0 Å². The normalized spacial score (nSPS) is 11.9. The van der Waals surface area contributed by atoms with Crippen LogP contribution in [0.2, 0.25) is 0 Å². The van der Waals surface area contributed by atoms with Crippen molar-refractivity contribution in [1.82, 2.24) is 29.1 Å². The minimum absolute atomic E-state index is 0.0727. The van der Waals surface area contributed by atoms with Crippen molar-refractivity contribution in [3.8, 4) is 17.1 Å². The Balaban J connectivity index is 1.69. The van der Waals surface area contributed by atoms with Crippen LogP contribution in [0.1, 0.15) is 17.0 Å². The van der Waals surface area contributed by atoms with E-state index in [1.807, 2.05) is 30.3 Å². The molecular weight excluding hydrogens is 507 g/mol. The number of nitrogens with zero attached hydrogens (tertiary/aromatic N) is 6. The number of aryl methyl sites for hydroxylation is 1. The maximum atomic E-state index is 14.1. The van der Waals surface area contributed by atoms with E-state index in [9.17, 15) is 18.0 Å². The van der Waals surface area contributed by atoms with E-state index in [0.717, 1.165) is 16.2 Å². The number of nitrogens with two attached hydrogens (primary N) is 1. The molecule has 3 aromatic heterocycles. The van der Waals surface area contributed by atoms with Gasteiger partial charge in [0.1, 0.15) is 18.0 Å². The van der Waals surface area contributed by atoms with Crippen LogP contribution in [0, 0.1) is 6.92 Å². The average Bonchev–Trinajstić information content (AvgIpc) is 3.28. The number of aromatic nitrogens is 6. The molecule has 3 aromatic carbocycles. The van der Waals surface area contributed by atoms with E-state index >= 15 is 0 Å². The summed E-state index contributed by atoms with van der Waals surface area (Å²) in [6, 6.07) is 19.3. The van der Waals surface area contributed by atoms with Crippen molar-refractivity contribution in [3.63, 3.8) is 0 Å². The van der Waals surface area contributed by atoms with Crippen LogP contribution in [0.25, 0.3) is 39.1 Å². The molecule has 0 fully saturated rings. The van der Waals surface area contributed by atoms with Crippen molar-refractivity contribution in [2.24, 2.45) is 0 Å². The Kier molecular flexibility index (Phi) is 5.63. The molecule has 6 aromatic rings. The third-order valence-electron chi connectivity index (χ3n) is 6.52. The molecule has 6 rings (SSSR count). The lowest BCUT2D eigenvalue weighted by molar-refractivity contribution is -0.137. The van der Waals surface area contributed by atoms with Crippen LogP contribution in [-0.4, -0.2) is 29.1 Å². The summed E-state index contributed by atoms with van der Waals surface area (Å²) in [4.78, 5) is 31.7. The zero-order valence-electron chi connectivity index (χ0n) is 20.5. The van der Waals surface area contributed by atoms with Crippen molar-refractivity contribution >= 4 is 27.9 Å². The van der Waals surface area contributed by atoms with Gasteiger partial charge in [0, 0.05) is 5.56 Å². The number of hydrogen-bond acceptors (Lipinski definition) is 6. The van der Waals surface area contributed by atoms with Gasteiger partial charge in [0.05, 0.1) is 28.7 Å². The largest absolute Gasteiger partial charge is 0.418 e. The van der Waals surface area contributed by atoms with Gasteiger partial charge >= 0.3 is 6.18 Å². The second-order valence-electron chi connectivity index (χ2n) is 8.97. The summed E-state index contributed by atoms with van der Waals surface area (Å²) in [5, 5.41) is 0.239. The van der Waals surface area contributed by atoms with Crippen molar-refractivity contribution in [1.29, 1.82) is 0 Å². The molecule has 0 atom stereocenters. The fraction of sp³-hybridized carbons (Fsp3) is 0.107. The van der Waals surface area contributed by atoms with Gasteiger partial charge < -0.3 is 10.3 Å². The van der Waals surface area contributed by atoms with Crippen molar-refractivity contribution < 1.29 is 13.2 Å². The monoisotopic (exact) mass is 527 g/mol. The smallest absolute Gasteiger partial charge is 0.382 e. The van der Waals surface area contributed by atoms with E-state index in [2.05, 4.69) is 15.0 Å². The predicted octanol–water partition coefficient (Wildman–Crippen LogP) is 5.15. The van der Waals surface area contributed by atoms with Crippen LogP contribution in [0.5, 0.6) is 0 Å². The standard InChI is InChI=1S/C28H20F3N7O/c1-16-8-7-12-19-22(16)27(39)38(20-13-6-5-11-18(20)28(29,30)31)21(35-19)14-37-25(17-9-3-2-4-10-17)36-23-24(32)33-15-34-26(23)37/h2-13,15H,14H2,1H3,(H2,32,33,34). The number of anilines is 1. The number of rotatable bonds is 4. The van der Waals surface area contributed by atoms with Gasteiger partial charge in [-0.15, -0.1) is 0 Å². The molecule has 11 heteroatoms. The number of alkyl halides is 3. The first-order chi connectivity index (χ1) is 18.7. The molecule has 39 heavy (non-hydrogen) atoms. The molecular formula is C28H20F3N7O. The van der Waals surface area contributed by atoms with E-state index in [4.69, 9.17) is 10.7 Å². The fourth-order valence-corrected chi connectivity index (χ4v) is 4.76. The predicted molar refractivity (Wildman–Crippen MR) is 141 cm³/mol. The third kappa shape index (κ3) is 4.08. The van der Waals surface area contributed by atoms with Gasteiger partial charge in [-0.1, -0.05) is 54.6 Å². The maximum absolute atomic E-state index is 14.1. The lowest BCUT2D eigenvalue weighted by Gasteiger charge is -2.19. The Labute approximate surface area is 219 Å². The molecule has 8 nitrogen and oxygen atoms in total. The topological polar surface area (TPSA) is 105 Å². The summed E-state index contributed by atoms with van der Waals surface area (Å²) >= 11 is 0. The molecule has 0 bridgehead atoms. The summed E-state index contributed by atoms with van der Waals surface area (Å²) in [5.74, 6) is 0.674. The number of benzene rings is 3. The summed E-state index contributed by atoms with van der Waals surface area (Å²) in [7, 11) is 0. The maximum Gasteiger partial charge on any atom is 0.418 e. The SMILES string of the molecule is Cc1cccc2nc(Cn3c(-c4ccccc4)nc4c(N)ncnc43)n(-c3ccccc3C(F)(F)F)c(=O)c12. The number of halogens is 3. The van der Waals surface area contributed by atoms with Gasteiger partial charge in [0.25, 0.3) is 5.56 Å². The molecule has 0 amide bonds. The van der Waals surface area contributed by atoms with Crippen molar-refractivity contribution in [3.05, 3.63) is 106 Å². The molecule has 0 saturated heterocycles. The highest BCUT2D eigenvalue weighted by Gasteiger charge is 2.35. The zero-order chi connectivity index (χ0) is 27.3. The molecule has 0 aliphatic rings. The number of hydrogen-bond donors (Lipinski definition) is 1. The van der Waals surface area contributed by atoms with Crippen LogP contribution in [-0.2, 0) is 12.7 Å². The Morgan fingerprint density at radius 3 is 2.41 bits per heavy atom. The minimum atomic E-state index is -4.70. The van der Waals surface area contributed by atoms with E-state index in [-0.39, 0.29) is 29.3 Å². The Hall–Kier alpha value is -5.06. The van der Waals surface area contributed by atoms with E-state index in [1.165, 1.54) is 24.5 Å². The number of nitrogen functional groups attached to an aromatic ring is 1. The third-order valence-corrected chi connectivity index (χ3v) is 6.52. The van der Waals surface area contributed by atoms with Crippen LogP contribution in [0.15, 0.2) is 83.9 Å². The Bertz CT molecular complexity index is 1930. The first kappa shape index (κ1) is 24.3. The van der Waals surface area contributed by atoms with Gasteiger partial charge in [0.2, 0.25) is 0 Å². The van der Waals surface area contributed by atoms with Gasteiger partial charge in [-0.05, 0) is 30.7 Å². The molecule has 0 aliphatic heterocycles. The lowest BCUT2D eigenvalue weighted by atomic mass is 10.1. The van der Waals surface area contributed by atoms with Crippen LogP contribution >= 0.6 is 0 Å². The highest BCUT2D eigenvalue weighted by atomic mass is 19.4.